The molecule has 120 valence electrons. The van der Waals surface area contributed by atoms with E-state index in [1.807, 2.05) is 31.2 Å². The zero-order chi connectivity index (χ0) is 16.7. The molecule has 2 heteroatoms. The predicted molar refractivity (Wildman–Crippen MR) is 97.2 cm³/mol. The Kier molecular flexibility index (Phi) is 6.33. The maximum Gasteiger partial charge on any atom is 0.108 e. The Morgan fingerprint density at radius 3 is 2.43 bits per heavy atom. The molecule has 0 saturated heterocycles. The van der Waals surface area contributed by atoms with Crippen LogP contribution in [-0.4, -0.2) is 13.7 Å². The maximum atomic E-state index is 6.06. The molecule has 0 aromatic heterocycles. The molecule has 0 heterocycles. The Hall–Kier alpha value is -2.16. The summed E-state index contributed by atoms with van der Waals surface area (Å²) in [6, 6.07) is 14.5. The number of benzene rings is 2. The fourth-order valence-electron chi connectivity index (χ4n) is 2.67. The van der Waals surface area contributed by atoms with Gasteiger partial charge in [0.25, 0.3) is 0 Å². The van der Waals surface area contributed by atoms with Crippen molar-refractivity contribution >= 4 is 12.2 Å². The summed E-state index contributed by atoms with van der Waals surface area (Å²) in [6.45, 7) is 10.9. The largest absolute Gasteiger partial charge is 0.380 e. The normalized spacial score (nSPS) is 11.9. The van der Waals surface area contributed by atoms with E-state index in [1.165, 1.54) is 0 Å². The highest BCUT2D eigenvalue weighted by Crippen LogP contribution is 2.30. The molecule has 1 unspecified atom stereocenters. The van der Waals surface area contributed by atoms with Crippen LogP contribution < -0.4 is 0 Å². The highest BCUT2D eigenvalue weighted by molar-refractivity contribution is 5.53. The smallest absolute Gasteiger partial charge is 0.108 e. The summed E-state index contributed by atoms with van der Waals surface area (Å²) in [5, 5.41) is 0. The predicted octanol–water partition coefficient (Wildman–Crippen LogP) is 5.24. The monoisotopic (exact) mass is 308 g/mol. The number of hydrogen-bond acceptors (Lipinski definition) is 2. The maximum absolute atomic E-state index is 6.06. The summed E-state index contributed by atoms with van der Waals surface area (Å²) in [7, 11) is 1.71. The van der Waals surface area contributed by atoms with Crippen molar-refractivity contribution in [3.63, 3.8) is 0 Å². The van der Waals surface area contributed by atoms with E-state index < -0.39 is 0 Å². The second-order valence-corrected chi connectivity index (χ2v) is 5.31. The first kappa shape index (κ1) is 17.2. The molecular formula is C21H24O2. The van der Waals surface area contributed by atoms with E-state index in [1.54, 1.807) is 7.11 Å². The average Bonchev–Trinajstić information content (AvgIpc) is 2.60. The lowest BCUT2D eigenvalue weighted by atomic mass is 9.94. The van der Waals surface area contributed by atoms with Gasteiger partial charge in [-0.15, -0.1) is 0 Å². The molecule has 0 aliphatic heterocycles. The van der Waals surface area contributed by atoms with Gasteiger partial charge in [-0.1, -0.05) is 55.6 Å². The van der Waals surface area contributed by atoms with Gasteiger partial charge in [-0.05, 0) is 46.9 Å². The van der Waals surface area contributed by atoms with Crippen molar-refractivity contribution in [3.8, 4) is 0 Å². The van der Waals surface area contributed by atoms with Gasteiger partial charge in [-0.25, -0.2) is 0 Å². The zero-order valence-electron chi connectivity index (χ0n) is 13.9. The Morgan fingerprint density at radius 2 is 1.78 bits per heavy atom. The van der Waals surface area contributed by atoms with E-state index in [9.17, 15) is 0 Å². The molecule has 2 aromatic carbocycles. The molecule has 0 fully saturated rings. The van der Waals surface area contributed by atoms with Crippen LogP contribution in [0, 0.1) is 0 Å². The lowest BCUT2D eigenvalue weighted by Gasteiger charge is -2.22. The second-order valence-electron chi connectivity index (χ2n) is 5.31. The highest BCUT2D eigenvalue weighted by Gasteiger charge is 2.18. The van der Waals surface area contributed by atoms with Crippen LogP contribution >= 0.6 is 0 Å². The van der Waals surface area contributed by atoms with Gasteiger partial charge in [0.1, 0.15) is 6.10 Å². The van der Waals surface area contributed by atoms with Crippen molar-refractivity contribution in [2.45, 2.75) is 19.6 Å². The van der Waals surface area contributed by atoms with Crippen LogP contribution in [0.4, 0.5) is 0 Å². The van der Waals surface area contributed by atoms with Crippen LogP contribution in [0.2, 0.25) is 0 Å². The minimum Gasteiger partial charge on any atom is -0.380 e. The SMILES string of the molecule is C=Cc1cccc(C(OCC)c2ccc(C=C)cc2COC)c1. The number of rotatable bonds is 8. The van der Waals surface area contributed by atoms with Gasteiger partial charge in [0.15, 0.2) is 0 Å². The zero-order valence-corrected chi connectivity index (χ0v) is 13.9. The van der Waals surface area contributed by atoms with Crippen molar-refractivity contribution in [1.82, 2.24) is 0 Å². The molecule has 0 bridgehead atoms. The average molecular weight is 308 g/mol. The molecular weight excluding hydrogens is 284 g/mol. The fourth-order valence-corrected chi connectivity index (χ4v) is 2.67. The topological polar surface area (TPSA) is 18.5 Å². The van der Waals surface area contributed by atoms with E-state index in [4.69, 9.17) is 9.47 Å². The number of ether oxygens (including phenoxy) is 2. The lowest BCUT2D eigenvalue weighted by molar-refractivity contribution is 0.0885. The quantitative estimate of drug-likeness (QED) is 0.663. The summed E-state index contributed by atoms with van der Waals surface area (Å²) >= 11 is 0. The third-order valence-electron chi connectivity index (χ3n) is 3.77. The van der Waals surface area contributed by atoms with Crippen LogP contribution in [0.1, 0.15) is 40.8 Å². The molecule has 0 amide bonds. The standard InChI is InChI=1S/C21H24O2/c1-5-16-9-8-10-18(13-16)21(23-7-3)20-12-11-17(6-2)14-19(20)15-22-4/h5-6,8-14,21H,1-2,7,15H2,3-4H3. The van der Waals surface area contributed by atoms with Gasteiger partial charge in [0.2, 0.25) is 0 Å². The minimum absolute atomic E-state index is 0.121. The molecule has 1 atom stereocenters. The summed E-state index contributed by atoms with van der Waals surface area (Å²) < 4.78 is 11.4. The van der Waals surface area contributed by atoms with Crippen LogP contribution in [-0.2, 0) is 16.1 Å². The van der Waals surface area contributed by atoms with Crippen LogP contribution in [0.5, 0.6) is 0 Å². The molecule has 2 nitrogen and oxygen atoms in total. The van der Waals surface area contributed by atoms with Gasteiger partial charge >= 0.3 is 0 Å². The van der Waals surface area contributed by atoms with Gasteiger partial charge in [0, 0.05) is 13.7 Å². The Bertz CT molecular complexity index is 673. The molecule has 0 spiro atoms. The molecule has 0 aliphatic rings. The van der Waals surface area contributed by atoms with Crippen molar-refractivity contribution in [2.24, 2.45) is 0 Å². The second kappa shape index (κ2) is 8.47. The molecule has 0 radical (unpaired) electrons. The van der Waals surface area contributed by atoms with Crippen molar-refractivity contribution < 1.29 is 9.47 Å². The van der Waals surface area contributed by atoms with E-state index in [0.717, 1.165) is 27.8 Å². The minimum atomic E-state index is -0.121. The third-order valence-corrected chi connectivity index (χ3v) is 3.77. The van der Waals surface area contributed by atoms with E-state index in [-0.39, 0.29) is 6.10 Å². The van der Waals surface area contributed by atoms with Gasteiger partial charge in [0.05, 0.1) is 6.61 Å². The van der Waals surface area contributed by atoms with E-state index in [0.29, 0.717) is 13.2 Å². The highest BCUT2D eigenvalue weighted by atomic mass is 16.5. The molecule has 0 aliphatic carbocycles. The number of hydrogen-bond donors (Lipinski definition) is 0. The van der Waals surface area contributed by atoms with E-state index in [2.05, 4.69) is 43.5 Å². The van der Waals surface area contributed by atoms with E-state index >= 15 is 0 Å². The van der Waals surface area contributed by atoms with Gasteiger partial charge < -0.3 is 9.47 Å². The number of methoxy groups -OCH3 is 1. The Balaban J connectivity index is 2.51. The summed E-state index contributed by atoms with van der Waals surface area (Å²) in [6.07, 6.45) is 3.57. The Labute approximate surface area is 139 Å². The summed E-state index contributed by atoms with van der Waals surface area (Å²) in [5.74, 6) is 0. The first-order chi connectivity index (χ1) is 11.2. The van der Waals surface area contributed by atoms with Crippen LogP contribution in [0.15, 0.2) is 55.6 Å². The van der Waals surface area contributed by atoms with Crippen molar-refractivity contribution in [3.05, 3.63) is 83.4 Å². The third kappa shape index (κ3) is 4.19. The van der Waals surface area contributed by atoms with Crippen molar-refractivity contribution in [2.75, 3.05) is 13.7 Å². The van der Waals surface area contributed by atoms with Gasteiger partial charge in [-0.3, -0.25) is 0 Å². The van der Waals surface area contributed by atoms with Crippen molar-refractivity contribution in [1.29, 1.82) is 0 Å². The molecule has 2 rings (SSSR count). The summed E-state index contributed by atoms with van der Waals surface area (Å²) in [4.78, 5) is 0. The lowest BCUT2D eigenvalue weighted by Crippen LogP contribution is -2.10. The first-order valence-electron chi connectivity index (χ1n) is 7.81. The molecule has 23 heavy (non-hydrogen) atoms. The Morgan fingerprint density at radius 1 is 1.04 bits per heavy atom. The molecule has 0 saturated carbocycles. The molecule has 2 aromatic rings. The fraction of sp³-hybridized carbons (Fsp3) is 0.238. The molecule has 0 N–H and O–H groups in total. The van der Waals surface area contributed by atoms with Crippen LogP contribution in [0.3, 0.4) is 0 Å². The van der Waals surface area contributed by atoms with Crippen LogP contribution in [0.25, 0.3) is 12.2 Å². The summed E-state index contributed by atoms with van der Waals surface area (Å²) in [5.41, 5.74) is 5.53. The first-order valence-corrected chi connectivity index (χ1v) is 7.81. The van der Waals surface area contributed by atoms with Gasteiger partial charge in [-0.2, -0.15) is 0 Å².